The van der Waals surface area contributed by atoms with Gasteiger partial charge >= 0.3 is 0 Å². The Morgan fingerprint density at radius 2 is 1.79 bits per heavy atom. The van der Waals surface area contributed by atoms with Crippen molar-refractivity contribution in [3.63, 3.8) is 0 Å². The number of piperazine rings is 1. The molecular weight excluding hydrogens is 331 g/mol. The number of nitrogens with zero attached hydrogens (tertiary/aromatic N) is 1. The van der Waals surface area contributed by atoms with E-state index in [-0.39, 0.29) is 18.2 Å². The zero-order valence-corrected chi connectivity index (χ0v) is 13.2. The quantitative estimate of drug-likeness (QED) is 0.913. The molecule has 2 rings (SSSR count). The Bertz CT molecular complexity index is 531. The first-order valence-electron chi connectivity index (χ1n) is 5.61. The normalized spacial score (nSPS) is 16.9. The highest BCUT2D eigenvalue weighted by molar-refractivity contribution is 7.88. The predicted molar refractivity (Wildman–Crippen MR) is 80.8 cm³/mol. The summed E-state index contributed by atoms with van der Waals surface area (Å²) in [5.41, 5.74) is 0.655. The second kappa shape index (κ2) is 7.11. The van der Waals surface area contributed by atoms with Crippen LogP contribution in [0.2, 0.25) is 10.0 Å². The topological polar surface area (TPSA) is 49.4 Å². The molecule has 4 nitrogen and oxygen atoms in total. The number of benzene rings is 1. The second-order valence-corrected chi connectivity index (χ2v) is 6.94. The lowest BCUT2D eigenvalue weighted by atomic mass is 10.2. The minimum atomic E-state index is -3.27. The Morgan fingerprint density at radius 1 is 1.16 bits per heavy atom. The first-order valence-corrected chi connectivity index (χ1v) is 7.98. The van der Waals surface area contributed by atoms with Crippen LogP contribution in [-0.2, 0) is 15.8 Å². The van der Waals surface area contributed by atoms with Gasteiger partial charge in [-0.3, -0.25) is 0 Å². The molecule has 0 spiro atoms. The maximum Gasteiger partial charge on any atom is 0.218 e. The first kappa shape index (κ1) is 17.0. The largest absolute Gasteiger partial charge is 0.314 e. The highest BCUT2D eigenvalue weighted by Gasteiger charge is 2.24. The van der Waals surface area contributed by atoms with Gasteiger partial charge in [-0.15, -0.1) is 12.4 Å². The predicted octanol–water partition coefficient (Wildman–Crippen LogP) is 2.15. The molecule has 1 aliphatic heterocycles. The van der Waals surface area contributed by atoms with Gasteiger partial charge in [-0.05, 0) is 17.7 Å². The highest BCUT2D eigenvalue weighted by atomic mass is 35.5. The molecule has 0 radical (unpaired) electrons. The number of rotatable bonds is 3. The zero-order valence-electron chi connectivity index (χ0n) is 10.1. The molecule has 1 heterocycles. The van der Waals surface area contributed by atoms with E-state index in [1.807, 2.05) is 0 Å². The van der Waals surface area contributed by atoms with Gasteiger partial charge in [0.15, 0.2) is 0 Å². The van der Waals surface area contributed by atoms with Gasteiger partial charge in [0.25, 0.3) is 0 Å². The molecule has 1 fully saturated rings. The van der Waals surface area contributed by atoms with Crippen molar-refractivity contribution in [3.05, 3.63) is 33.8 Å². The van der Waals surface area contributed by atoms with Gasteiger partial charge in [0.2, 0.25) is 10.0 Å². The fraction of sp³-hybridized carbons (Fsp3) is 0.455. The van der Waals surface area contributed by atoms with E-state index in [1.54, 1.807) is 18.2 Å². The highest BCUT2D eigenvalue weighted by Crippen LogP contribution is 2.24. The average Bonchev–Trinajstić information content (AvgIpc) is 2.35. The van der Waals surface area contributed by atoms with Crippen molar-refractivity contribution in [1.82, 2.24) is 9.62 Å². The summed E-state index contributed by atoms with van der Waals surface area (Å²) in [5.74, 6) is -0.0378. The summed E-state index contributed by atoms with van der Waals surface area (Å²) in [6, 6.07) is 4.91. The second-order valence-electron chi connectivity index (χ2n) is 4.15. The van der Waals surface area contributed by atoms with Crippen LogP contribution in [0.15, 0.2) is 18.2 Å². The molecule has 1 aromatic rings. The Hall–Kier alpha value is -0.0400. The van der Waals surface area contributed by atoms with E-state index in [4.69, 9.17) is 23.2 Å². The lowest BCUT2D eigenvalue weighted by molar-refractivity contribution is 0.360. The monoisotopic (exact) mass is 344 g/mol. The van der Waals surface area contributed by atoms with Crippen LogP contribution in [0, 0.1) is 0 Å². The smallest absolute Gasteiger partial charge is 0.218 e. The van der Waals surface area contributed by atoms with Gasteiger partial charge in [-0.25, -0.2) is 8.42 Å². The van der Waals surface area contributed by atoms with Crippen LogP contribution in [0.25, 0.3) is 0 Å². The standard InChI is InChI=1S/C11H14Cl2N2O2S.ClH/c12-10-2-1-9(7-11(10)13)8-18(16,17)15-5-3-14-4-6-15;/h1-2,7,14H,3-6,8H2;1H. The third-order valence-corrected chi connectivity index (χ3v) is 5.39. The van der Waals surface area contributed by atoms with Crippen LogP contribution in [0.4, 0.5) is 0 Å². The van der Waals surface area contributed by atoms with Crippen molar-refractivity contribution < 1.29 is 8.42 Å². The molecule has 108 valence electrons. The Labute approximate surface area is 129 Å². The molecule has 1 aromatic carbocycles. The van der Waals surface area contributed by atoms with E-state index in [2.05, 4.69) is 5.32 Å². The molecule has 0 atom stereocenters. The first-order chi connectivity index (χ1) is 8.49. The van der Waals surface area contributed by atoms with Gasteiger partial charge in [0, 0.05) is 26.2 Å². The summed E-state index contributed by atoms with van der Waals surface area (Å²) < 4.78 is 25.9. The summed E-state index contributed by atoms with van der Waals surface area (Å²) in [7, 11) is -3.27. The molecule has 8 heteroatoms. The number of sulfonamides is 1. The minimum Gasteiger partial charge on any atom is -0.314 e. The van der Waals surface area contributed by atoms with Gasteiger partial charge in [0.05, 0.1) is 15.8 Å². The number of hydrogen-bond donors (Lipinski definition) is 1. The average molecular weight is 346 g/mol. The molecule has 19 heavy (non-hydrogen) atoms. The number of halogens is 3. The lowest BCUT2D eigenvalue weighted by Crippen LogP contribution is -2.46. The molecule has 0 aromatic heterocycles. The van der Waals surface area contributed by atoms with Gasteiger partial charge in [0.1, 0.15) is 0 Å². The minimum absolute atomic E-state index is 0. The maximum atomic E-state index is 12.2. The third kappa shape index (κ3) is 4.48. The van der Waals surface area contributed by atoms with Crippen molar-refractivity contribution in [1.29, 1.82) is 0 Å². The van der Waals surface area contributed by atoms with Crippen molar-refractivity contribution in [2.45, 2.75) is 5.75 Å². The van der Waals surface area contributed by atoms with E-state index >= 15 is 0 Å². The molecule has 0 unspecified atom stereocenters. The van der Waals surface area contributed by atoms with Crippen molar-refractivity contribution in [2.75, 3.05) is 26.2 Å². The molecular formula is C11H15Cl3N2O2S. The summed E-state index contributed by atoms with van der Waals surface area (Å²) in [4.78, 5) is 0. The van der Waals surface area contributed by atoms with Crippen LogP contribution >= 0.6 is 35.6 Å². The van der Waals surface area contributed by atoms with Gasteiger partial charge in [-0.2, -0.15) is 4.31 Å². The van der Waals surface area contributed by atoms with E-state index < -0.39 is 10.0 Å². The van der Waals surface area contributed by atoms with Crippen LogP contribution in [-0.4, -0.2) is 38.9 Å². The van der Waals surface area contributed by atoms with Crippen LogP contribution < -0.4 is 5.32 Å². The van der Waals surface area contributed by atoms with Crippen LogP contribution in [0.1, 0.15) is 5.56 Å². The van der Waals surface area contributed by atoms with E-state index in [0.29, 0.717) is 41.8 Å². The fourth-order valence-corrected chi connectivity index (χ4v) is 3.70. The van der Waals surface area contributed by atoms with Crippen LogP contribution in [0.3, 0.4) is 0 Å². The summed E-state index contributed by atoms with van der Waals surface area (Å²) in [6.07, 6.45) is 0. The van der Waals surface area contributed by atoms with Gasteiger partial charge in [-0.1, -0.05) is 29.3 Å². The molecule has 0 aliphatic carbocycles. The number of hydrogen-bond acceptors (Lipinski definition) is 3. The van der Waals surface area contributed by atoms with E-state index in [0.717, 1.165) is 0 Å². The maximum absolute atomic E-state index is 12.2. The molecule has 1 aliphatic rings. The Morgan fingerprint density at radius 3 is 2.37 bits per heavy atom. The van der Waals surface area contributed by atoms with E-state index in [9.17, 15) is 8.42 Å². The van der Waals surface area contributed by atoms with Crippen molar-refractivity contribution in [2.24, 2.45) is 0 Å². The van der Waals surface area contributed by atoms with Crippen molar-refractivity contribution in [3.8, 4) is 0 Å². The Balaban J connectivity index is 0.00000180. The SMILES string of the molecule is Cl.O=S(=O)(Cc1ccc(Cl)c(Cl)c1)N1CCNCC1. The lowest BCUT2D eigenvalue weighted by Gasteiger charge is -2.26. The molecule has 1 N–H and O–H groups in total. The molecule has 1 saturated heterocycles. The third-order valence-electron chi connectivity index (χ3n) is 2.80. The fourth-order valence-electron chi connectivity index (χ4n) is 1.85. The van der Waals surface area contributed by atoms with Crippen LogP contribution in [0.5, 0.6) is 0 Å². The Kier molecular flexibility index (Phi) is 6.36. The molecule has 0 saturated carbocycles. The molecule has 0 bridgehead atoms. The number of nitrogens with one attached hydrogen (secondary N) is 1. The van der Waals surface area contributed by atoms with E-state index in [1.165, 1.54) is 4.31 Å². The van der Waals surface area contributed by atoms with Crippen molar-refractivity contribution >= 4 is 45.6 Å². The summed E-state index contributed by atoms with van der Waals surface area (Å²) in [5, 5.41) is 3.93. The zero-order chi connectivity index (χ0) is 13.2. The molecule has 0 amide bonds. The summed E-state index contributed by atoms with van der Waals surface area (Å²) in [6.45, 7) is 2.43. The summed E-state index contributed by atoms with van der Waals surface area (Å²) >= 11 is 11.7. The van der Waals surface area contributed by atoms with Gasteiger partial charge < -0.3 is 5.32 Å².